The largest absolute Gasteiger partial charge is 0.480 e. The Labute approximate surface area is 116 Å². The lowest BCUT2D eigenvalue weighted by molar-refractivity contribution is -0.135. The molecule has 0 radical (unpaired) electrons. The van der Waals surface area contributed by atoms with Crippen LogP contribution in [0.1, 0.15) is 5.69 Å². The van der Waals surface area contributed by atoms with Crippen molar-refractivity contribution in [2.45, 2.75) is 6.54 Å². The first-order chi connectivity index (χ1) is 9.06. The fourth-order valence-corrected chi connectivity index (χ4v) is 2.01. The summed E-state index contributed by atoms with van der Waals surface area (Å²) in [4.78, 5) is 12.7. The van der Waals surface area contributed by atoms with Crippen molar-refractivity contribution in [3.63, 3.8) is 0 Å². The highest BCUT2D eigenvalue weighted by Gasteiger charge is 2.13. The van der Waals surface area contributed by atoms with Crippen molar-refractivity contribution in [3.05, 3.63) is 47.2 Å². The summed E-state index contributed by atoms with van der Waals surface area (Å²) >= 11 is 5.95. The minimum Gasteiger partial charge on any atom is -0.480 e. The van der Waals surface area contributed by atoms with E-state index < -0.39 is 5.97 Å². The molecule has 2 rings (SSSR count). The van der Waals surface area contributed by atoms with Crippen LogP contribution in [0.4, 0.5) is 5.69 Å². The van der Waals surface area contributed by atoms with Crippen molar-refractivity contribution in [1.29, 1.82) is 0 Å². The molecule has 0 aliphatic heterocycles. The lowest BCUT2D eigenvalue weighted by Gasteiger charge is -2.23. The number of hydrogen-bond donors (Lipinski definition) is 1. The number of aliphatic carboxylic acids is 1. The maximum Gasteiger partial charge on any atom is 0.323 e. The number of hydrogen-bond acceptors (Lipinski definition) is 3. The molecular weight excluding hydrogens is 266 g/mol. The summed E-state index contributed by atoms with van der Waals surface area (Å²) in [5.41, 5.74) is 1.71. The first-order valence-electron chi connectivity index (χ1n) is 5.75. The smallest absolute Gasteiger partial charge is 0.323 e. The number of carboxylic acids is 1. The van der Waals surface area contributed by atoms with Crippen molar-refractivity contribution < 1.29 is 9.90 Å². The molecule has 0 amide bonds. The van der Waals surface area contributed by atoms with Gasteiger partial charge in [0.05, 0.1) is 12.2 Å². The monoisotopic (exact) mass is 279 g/mol. The minimum atomic E-state index is -0.887. The number of carbonyl (C=O) groups is 1. The fraction of sp³-hybridized carbons (Fsp3) is 0.231. The number of aryl methyl sites for hydroxylation is 1. The zero-order chi connectivity index (χ0) is 13.8. The molecule has 19 heavy (non-hydrogen) atoms. The van der Waals surface area contributed by atoms with E-state index in [1.165, 1.54) is 0 Å². The minimum absolute atomic E-state index is 0.0917. The van der Waals surface area contributed by atoms with E-state index in [2.05, 4.69) is 5.10 Å². The van der Waals surface area contributed by atoms with Crippen molar-refractivity contribution in [2.24, 2.45) is 7.05 Å². The first kappa shape index (κ1) is 13.4. The lowest BCUT2D eigenvalue weighted by atomic mass is 10.2. The molecule has 0 spiro atoms. The normalized spacial score (nSPS) is 10.4. The zero-order valence-electron chi connectivity index (χ0n) is 10.5. The molecule has 0 saturated heterocycles. The Kier molecular flexibility index (Phi) is 4.06. The third-order valence-electron chi connectivity index (χ3n) is 2.77. The maximum absolute atomic E-state index is 11.0. The topological polar surface area (TPSA) is 58.4 Å². The van der Waals surface area contributed by atoms with Crippen LogP contribution in [-0.2, 0) is 18.4 Å². The third kappa shape index (κ3) is 3.48. The van der Waals surface area contributed by atoms with Gasteiger partial charge < -0.3 is 10.0 Å². The zero-order valence-corrected chi connectivity index (χ0v) is 11.2. The van der Waals surface area contributed by atoms with Crippen LogP contribution in [0.25, 0.3) is 0 Å². The van der Waals surface area contributed by atoms with Crippen LogP contribution in [-0.4, -0.2) is 27.4 Å². The highest BCUT2D eigenvalue weighted by Crippen LogP contribution is 2.21. The molecule has 100 valence electrons. The Morgan fingerprint density at radius 2 is 2.26 bits per heavy atom. The number of nitrogens with zero attached hydrogens (tertiary/aromatic N) is 3. The Hall–Kier alpha value is -2.01. The van der Waals surface area contributed by atoms with Gasteiger partial charge in [-0.05, 0) is 24.3 Å². The molecule has 0 aliphatic carbocycles. The van der Waals surface area contributed by atoms with Gasteiger partial charge in [-0.2, -0.15) is 5.10 Å². The van der Waals surface area contributed by atoms with E-state index in [-0.39, 0.29) is 6.54 Å². The van der Waals surface area contributed by atoms with Crippen LogP contribution in [0.15, 0.2) is 36.5 Å². The van der Waals surface area contributed by atoms with Crippen LogP contribution in [0.3, 0.4) is 0 Å². The lowest BCUT2D eigenvalue weighted by Crippen LogP contribution is -2.30. The SMILES string of the molecule is Cn1nccc1CN(CC(=O)O)c1cccc(Cl)c1. The van der Waals surface area contributed by atoms with Gasteiger partial charge in [-0.25, -0.2) is 0 Å². The molecule has 0 fully saturated rings. The number of anilines is 1. The Bertz CT molecular complexity index is 583. The quantitative estimate of drug-likeness (QED) is 0.911. The van der Waals surface area contributed by atoms with Gasteiger partial charge in [0, 0.05) is 24.0 Å². The maximum atomic E-state index is 11.0. The van der Waals surface area contributed by atoms with E-state index in [1.807, 2.05) is 19.2 Å². The number of halogens is 1. The summed E-state index contributed by atoms with van der Waals surface area (Å²) in [7, 11) is 1.83. The van der Waals surface area contributed by atoms with Crippen LogP contribution >= 0.6 is 11.6 Å². The summed E-state index contributed by atoms with van der Waals surface area (Å²) in [6.07, 6.45) is 1.69. The molecule has 1 aromatic heterocycles. The van der Waals surface area contributed by atoms with Crippen LogP contribution < -0.4 is 4.90 Å². The van der Waals surface area contributed by atoms with E-state index in [4.69, 9.17) is 16.7 Å². The number of rotatable bonds is 5. The van der Waals surface area contributed by atoms with E-state index in [1.54, 1.807) is 34.0 Å². The second-order valence-electron chi connectivity index (χ2n) is 4.18. The van der Waals surface area contributed by atoms with Gasteiger partial charge in [0.15, 0.2) is 0 Å². The molecule has 1 heterocycles. The number of aromatic nitrogens is 2. The van der Waals surface area contributed by atoms with Crippen LogP contribution in [0.2, 0.25) is 5.02 Å². The summed E-state index contributed by atoms with van der Waals surface area (Å²) in [5.74, 6) is -0.887. The molecular formula is C13H14ClN3O2. The third-order valence-corrected chi connectivity index (χ3v) is 3.01. The Morgan fingerprint density at radius 3 is 2.84 bits per heavy atom. The van der Waals surface area contributed by atoms with Crippen molar-refractivity contribution in [1.82, 2.24) is 9.78 Å². The van der Waals surface area contributed by atoms with Crippen molar-refractivity contribution in [2.75, 3.05) is 11.4 Å². The summed E-state index contributed by atoms with van der Waals surface area (Å²) in [6.45, 7) is 0.370. The molecule has 0 aliphatic rings. The predicted molar refractivity (Wildman–Crippen MR) is 73.3 cm³/mol. The highest BCUT2D eigenvalue weighted by molar-refractivity contribution is 6.30. The molecule has 0 atom stereocenters. The van der Waals surface area contributed by atoms with E-state index in [0.717, 1.165) is 11.4 Å². The van der Waals surface area contributed by atoms with Crippen LogP contribution in [0, 0.1) is 0 Å². The standard InChI is InChI=1S/C13H14ClN3O2/c1-16-12(5-6-15-16)8-17(9-13(18)19)11-4-2-3-10(14)7-11/h2-7H,8-9H2,1H3,(H,18,19). The molecule has 0 bridgehead atoms. The molecule has 6 heteroatoms. The summed E-state index contributed by atoms with van der Waals surface area (Å²) in [6, 6.07) is 9.01. The van der Waals surface area contributed by atoms with Gasteiger partial charge in [0.25, 0.3) is 0 Å². The Balaban J connectivity index is 2.26. The summed E-state index contributed by atoms with van der Waals surface area (Å²) in [5, 5.41) is 13.7. The predicted octanol–water partition coefficient (Wildman–Crippen LogP) is 2.16. The van der Waals surface area contributed by atoms with Crippen molar-refractivity contribution in [3.8, 4) is 0 Å². The van der Waals surface area contributed by atoms with Gasteiger partial charge in [-0.3, -0.25) is 9.48 Å². The van der Waals surface area contributed by atoms with Gasteiger partial charge >= 0.3 is 5.97 Å². The molecule has 0 saturated carbocycles. The van der Waals surface area contributed by atoms with E-state index in [0.29, 0.717) is 11.6 Å². The second kappa shape index (κ2) is 5.75. The highest BCUT2D eigenvalue weighted by atomic mass is 35.5. The Morgan fingerprint density at radius 1 is 1.47 bits per heavy atom. The fourth-order valence-electron chi connectivity index (χ4n) is 1.83. The molecule has 0 unspecified atom stereocenters. The van der Waals surface area contributed by atoms with Crippen LogP contribution in [0.5, 0.6) is 0 Å². The van der Waals surface area contributed by atoms with E-state index in [9.17, 15) is 4.79 Å². The molecule has 2 aromatic rings. The van der Waals surface area contributed by atoms with Gasteiger partial charge in [0.2, 0.25) is 0 Å². The van der Waals surface area contributed by atoms with Gasteiger partial charge in [-0.15, -0.1) is 0 Å². The first-order valence-corrected chi connectivity index (χ1v) is 6.13. The van der Waals surface area contributed by atoms with Gasteiger partial charge in [-0.1, -0.05) is 17.7 Å². The second-order valence-corrected chi connectivity index (χ2v) is 4.61. The average Bonchev–Trinajstić information content (AvgIpc) is 2.74. The number of benzene rings is 1. The molecule has 5 nitrogen and oxygen atoms in total. The number of carboxylic acid groups (broad SMARTS) is 1. The average molecular weight is 280 g/mol. The molecule has 1 aromatic carbocycles. The van der Waals surface area contributed by atoms with E-state index >= 15 is 0 Å². The van der Waals surface area contributed by atoms with Gasteiger partial charge in [0.1, 0.15) is 6.54 Å². The molecule has 1 N–H and O–H groups in total. The van der Waals surface area contributed by atoms with Crippen molar-refractivity contribution >= 4 is 23.3 Å². The summed E-state index contributed by atoms with van der Waals surface area (Å²) < 4.78 is 1.72.